The molecule has 0 aliphatic carbocycles. The quantitative estimate of drug-likeness (QED) is 0.926. The third-order valence-corrected chi connectivity index (χ3v) is 3.69. The number of hydrogen-bond donors (Lipinski definition) is 1. The summed E-state index contributed by atoms with van der Waals surface area (Å²) >= 11 is 3.60. The molecule has 0 aromatic heterocycles. The van der Waals surface area contributed by atoms with Crippen LogP contribution in [0.4, 0.5) is 0 Å². The van der Waals surface area contributed by atoms with Gasteiger partial charge in [-0.05, 0) is 36.6 Å². The Morgan fingerprint density at radius 3 is 2.50 bits per heavy atom. The molecule has 1 saturated heterocycles. The first-order valence-corrected chi connectivity index (χ1v) is 6.17. The molecule has 1 heterocycles. The van der Waals surface area contributed by atoms with Crippen molar-refractivity contribution >= 4 is 15.9 Å². The summed E-state index contributed by atoms with van der Waals surface area (Å²) in [5, 5.41) is 3.37. The summed E-state index contributed by atoms with van der Waals surface area (Å²) in [6.07, 6.45) is 1.17. The molecule has 1 aromatic rings. The molecule has 16 heavy (non-hydrogen) atoms. The fourth-order valence-electron chi connectivity index (χ4n) is 2.10. The third kappa shape index (κ3) is 2.18. The molecule has 0 spiro atoms. The molecule has 1 aromatic carbocycles. The molecule has 0 saturated carbocycles. The number of methoxy groups -OCH3 is 2. The van der Waals surface area contributed by atoms with Crippen molar-refractivity contribution in [3.05, 3.63) is 22.2 Å². The highest BCUT2D eigenvalue weighted by Crippen LogP contribution is 2.38. The van der Waals surface area contributed by atoms with E-state index >= 15 is 0 Å². The summed E-state index contributed by atoms with van der Waals surface area (Å²) in [6, 6.07) is 4.05. The van der Waals surface area contributed by atoms with E-state index in [0.29, 0.717) is 5.92 Å². The minimum atomic E-state index is 0.564. The van der Waals surface area contributed by atoms with Gasteiger partial charge in [-0.2, -0.15) is 0 Å². The maximum absolute atomic E-state index is 5.33. The number of benzene rings is 1. The second-order valence-corrected chi connectivity index (χ2v) is 4.77. The van der Waals surface area contributed by atoms with Crippen molar-refractivity contribution in [2.75, 3.05) is 27.3 Å². The first kappa shape index (κ1) is 11.7. The average molecular weight is 286 g/mol. The number of nitrogens with one attached hydrogen (secondary N) is 1. The van der Waals surface area contributed by atoms with Gasteiger partial charge in [0.2, 0.25) is 0 Å². The van der Waals surface area contributed by atoms with E-state index in [2.05, 4.69) is 27.3 Å². The summed E-state index contributed by atoms with van der Waals surface area (Å²) in [7, 11) is 3.32. The summed E-state index contributed by atoms with van der Waals surface area (Å²) in [5.41, 5.74) is 1.29. The van der Waals surface area contributed by atoms with Crippen LogP contribution in [0.5, 0.6) is 11.5 Å². The first-order valence-electron chi connectivity index (χ1n) is 5.38. The molecule has 2 rings (SSSR count). The zero-order chi connectivity index (χ0) is 11.5. The van der Waals surface area contributed by atoms with Gasteiger partial charge in [-0.3, -0.25) is 0 Å². The fraction of sp³-hybridized carbons (Fsp3) is 0.500. The molecule has 1 aliphatic rings. The number of rotatable bonds is 3. The Bertz CT molecular complexity index is 376. The standard InChI is InChI=1S/C12H16BrNO2/c1-15-11-5-9(8-3-4-14-7-8)10(13)6-12(11)16-2/h5-6,8,14H,3-4,7H2,1-2H3. The summed E-state index contributed by atoms with van der Waals surface area (Å²) in [5.74, 6) is 2.13. The number of halogens is 1. The zero-order valence-electron chi connectivity index (χ0n) is 9.55. The maximum atomic E-state index is 5.33. The van der Waals surface area contributed by atoms with Crippen molar-refractivity contribution < 1.29 is 9.47 Å². The van der Waals surface area contributed by atoms with Crippen LogP contribution in [-0.4, -0.2) is 27.3 Å². The van der Waals surface area contributed by atoms with Crippen LogP contribution in [0.2, 0.25) is 0 Å². The molecule has 4 heteroatoms. The lowest BCUT2D eigenvalue weighted by Crippen LogP contribution is -2.08. The molecule has 1 fully saturated rings. The highest BCUT2D eigenvalue weighted by molar-refractivity contribution is 9.10. The average Bonchev–Trinajstić information content (AvgIpc) is 2.82. The Kier molecular flexibility index (Phi) is 3.71. The van der Waals surface area contributed by atoms with Crippen molar-refractivity contribution in [3.8, 4) is 11.5 Å². The van der Waals surface area contributed by atoms with Crippen LogP contribution < -0.4 is 14.8 Å². The van der Waals surface area contributed by atoms with E-state index in [4.69, 9.17) is 9.47 Å². The molecule has 0 radical (unpaired) electrons. The largest absolute Gasteiger partial charge is 0.493 e. The summed E-state index contributed by atoms with van der Waals surface area (Å²) < 4.78 is 11.7. The number of hydrogen-bond acceptors (Lipinski definition) is 3. The zero-order valence-corrected chi connectivity index (χ0v) is 11.1. The van der Waals surface area contributed by atoms with Gasteiger partial charge in [0.15, 0.2) is 11.5 Å². The normalized spacial score (nSPS) is 19.8. The monoisotopic (exact) mass is 285 g/mol. The topological polar surface area (TPSA) is 30.5 Å². The van der Waals surface area contributed by atoms with E-state index in [0.717, 1.165) is 29.1 Å². The van der Waals surface area contributed by atoms with Gasteiger partial charge in [0.25, 0.3) is 0 Å². The maximum Gasteiger partial charge on any atom is 0.161 e. The van der Waals surface area contributed by atoms with Crippen LogP contribution in [0.3, 0.4) is 0 Å². The van der Waals surface area contributed by atoms with Crippen LogP contribution in [0.25, 0.3) is 0 Å². The van der Waals surface area contributed by atoms with Crippen LogP contribution in [-0.2, 0) is 0 Å². The molecule has 1 unspecified atom stereocenters. The molecular formula is C12H16BrNO2. The van der Waals surface area contributed by atoms with Crippen LogP contribution in [0.15, 0.2) is 16.6 Å². The van der Waals surface area contributed by atoms with E-state index in [1.807, 2.05) is 6.07 Å². The van der Waals surface area contributed by atoms with Crippen molar-refractivity contribution in [3.63, 3.8) is 0 Å². The smallest absolute Gasteiger partial charge is 0.161 e. The van der Waals surface area contributed by atoms with Crippen molar-refractivity contribution in [1.82, 2.24) is 5.32 Å². The highest BCUT2D eigenvalue weighted by Gasteiger charge is 2.21. The van der Waals surface area contributed by atoms with E-state index in [1.54, 1.807) is 14.2 Å². The second kappa shape index (κ2) is 5.06. The van der Waals surface area contributed by atoms with Gasteiger partial charge in [-0.15, -0.1) is 0 Å². The lowest BCUT2D eigenvalue weighted by molar-refractivity contribution is 0.354. The number of ether oxygens (including phenoxy) is 2. The van der Waals surface area contributed by atoms with E-state index in [-0.39, 0.29) is 0 Å². The lowest BCUT2D eigenvalue weighted by Gasteiger charge is -2.15. The summed E-state index contributed by atoms with van der Waals surface area (Å²) in [4.78, 5) is 0. The van der Waals surface area contributed by atoms with Gasteiger partial charge in [0, 0.05) is 11.0 Å². The molecule has 1 N–H and O–H groups in total. The molecule has 3 nitrogen and oxygen atoms in total. The molecule has 0 amide bonds. The molecule has 0 bridgehead atoms. The SMILES string of the molecule is COc1cc(Br)c(C2CCNC2)cc1OC. The van der Waals surface area contributed by atoms with Gasteiger partial charge in [-0.25, -0.2) is 0 Å². The Morgan fingerprint density at radius 2 is 1.94 bits per heavy atom. The molecular weight excluding hydrogens is 270 g/mol. The van der Waals surface area contributed by atoms with Crippen LogP contribution in [0.1, 0.15) is 17.9 Å². The summed E-state index contributed by atoms with van der Waals surface area (Å²) in [6.45, 7) is 2.12. The van der Waals surface area contributed by atoms with Gasteiger partial charge < -0.3 is 14.8 Å². The third-order valence-electron chi connectivity index (χ3n) is 3.00. The Morgan fingerprint density at radius 1 is 1.25 bits per heavy atom. The minimum absolute atomic E-state index is 0.564. The predicted octanol–water partition coefficient (Wildman–Crippen LogP) is 2.54. The van der Waals surface area contributed by atoms with Gasteiger partial charge >= 0.3 is 0 Å². The first-order chi connectivity index (χ1) is 7.76. The molecule has 1 aliphatic heterocycles. The Labute approximate surface area is 104 Å². The van der Waals surface area contributed by atoms with E-state index in [1.165, 1.54) is 12.0 Å². The Balaban J connectivity index is 2.37. The van der Waals surface area contributed by atoms with Crippen LogP contribution >= 0.6 is 15.9 Å². The van der Waals surface area contributed by atoms with Crippen LogP contribution in [0, 0.1) is 0 Å². The Hall–Kier alpha value is -0.740. The predicted molar refractivity (Wildman–Crippen MR) is 67.5 cm³/mol. The van der Waals surface area contributed by atoms with Crippen molar-refractivity contribution in [1.29, 1.82) is 0 Å². The van der Waals surface area contributed by atoms with Gasteiger partial charge in [-0.1, -0.05) is 15.9 Å². The van der Waals surface area contributed by atoms with Gasteiger partial charge in [0.1, 0.15) is 0 Å². The highest BCUT2D eigenvalue weighted by atomic mass is 79.9. The lowest BCUT2D eigenvalue weighted by atomic mass is 9.98. The molecule has 88 valence electrons. The molecule has 1 atom stereocenters. The van der Waals surface area contributed by atoms with Gasteiger partial charge in [0.05, 0.1) is 14.2 Å². The van der Waals surface area contributed by atoms with E-state index < -0.39 is 0 Å². The second-order valence-electron chi connectivity index (χ2n) is 3.92. The fourth-order valence-corrected chi connectivity index (χ4v) is 2.75. The van der Waals surface area contributed by atoms with E-state index in [9.17, 15) is 0 Å². The minimum Gasteiger partial charge on any atom is -0.493 e. The van der Waals surface area contributed by atoms with Crippen molar-refractivity contribution in [2.45, 2.75) is 12.3 Å². The van der Waals surface area contributed by atoms with Crippen molar-refractivity contribution in [2.24, 2.45) is 0 Å².